The summed E-state index contributed by atoms with van der Waals surface area (Å²) in [6.45, 7) is 1.00. The molecule has 102 valence electrons. The Balaban J connectivity index is 1.79. The molecule has 1 aliphatic rings. The van der Waals surface area contributed by atoms with Gasteiger partial charge in [-0.15, -0.1) is 0 Å². The Kier molecular flexibility index (Phi) is 3.39. The van der Waals surface area contributed by atoms with Crippen molar-refractivity contribution >= 4 is 5.97 Å². The van der Waals surface area contributed by atoms with Crippen molar-refractivity contribution in [1.82, 2.24) is 0 Å². The van der Waals surface area contributed by atoms with Gasteiger partial charge < -0.3 is 14.6 Å². The highest BCUT2D eigenvalue weighted by Crippen LogP contribution is 2.33. The van der Waals surface area contributed by atoms with Gasteiger partial charge in [0.2, 0.25) is 0 Å². The highest BCUT2D eigenvalue weighted by atomic mass is 16.6. The fourth-order valence-electron chi connectivity index (χ4n) is 2.02. The van der Waals surface area contributed by atoms with Crippen LogP contribution in [0.2, 0.25) is 0 Å². The van der Waals surface area contributed by atoms with Crippen LogP contribution >= 0.6 is 0 Å². The molecule has 20 heavy (non-hydrogen) atoms. The molecule has 0 saturated carbocycles. The van der Waals surface area contributed by atoms with Crippen molar-refractivity contribution in [3.63, 3.8) is 0 Å². The molecule has 0 spiro atoms. The minimum Gasteiger partial charge on any atom is -0.488 e. The second-order valence-corrected chi connectivity index (χ2v) is 4.66. The summed E-state index contributed by atoms with van der Waals surface area (Å²) in [5.41, 5.74) is 2.06. The van der Waals surface area contributed by atoms with Gasteiger partial charge in [-0.1, -0.05) is 36.4 Å². The number of hydrogen-bond donors (Lipinski definition) is 1. The molecule has 0 aliphatic carbocycles. The second kappa shape index (κ2) is 5.35. The largest absolute Gasteiger partial charge is 0.488 e. The molecule has 2 aromatic carbocycles. The number of ether oxygens (including phenoxy) is 2. The molecule has 4 nitrogen and oxygen atoms in total. The molecule has 1 fully saturated rings. The first-order valence-electron chi connectivity index (χ1n) is 6.39. The normalized spacial score (nSPS) is 16.7. The van der Waals surface area contributed by atoms with E-state index in [9.17, 15) is 9.90 Å². The van der Waals surface area contributed by atoms with E-state index in [4.69, 9.17) is 9.47 Å². The van der Waals surface area contributed by atoms with E-state index < -0.39 is 5.97 Å². The SMILES string of the molecule is O=C(O)c1cc(C2CO2)ccc1OCc1ccccc1. The van der Waals surface area contributed by atoms with E-state index >= 15 is 0 Å². The van der Waals surface area contributed by atoms with Crippen LogP contribution in [-0.2, 0) is 11.3 Å². The number of benzene rings is 2. The van der Waals surface area contributed by atoms with Crippen LogP contribution in [0.3, 0.4) is 0 Å². The monoisotopic (exact) mass is 270 g/mol. The minimum atomic E-state index is -0.990. The molecule has 2 aromatic rings. The van der Waals surface area contributed by atoms with Crippen LogP contribution in [0.4, 0.5) is 0 Å². The summed E-state index contributed by atoms with van der Waals surface area (Å²) in [5.74, 6) is -0.610. The summed E-state index contributed by atoms with van der Waals surface area (Å²) in [6, 6.07) is 14.8. The molecule has 3 rings (SSSR count). The van der Waals surface area contributed by atoms with E-state index in [-0.39, 0.29) is 11.7 Å². The molecule has 0 bridgehead atoms. The highest BCUT2D eigenvalue weighted by molar-refractivity contribution is 5.91. The molecule has 1 atom stereocenters. The van der Waals surface area contributed by atoms with Gasteiger partial charge in [-0.3, -0.25) is 0 Å². The molecule has 1 heterocycles. The Bertz CT molecular complexity index is 618. The summed E-state index contributed by atoms with van der Waals surface area (Å²) in [7, 11) is 0. The first-order valence-corrected chi connectivity index (χ1v) is 6.39. The lowest BCUT2D eigenvalue weighted by atomic mass is 10.1. The third kappa shape index (κ3) is 2.81. The maximum atomic E-state index is 11.3. The maximum absolute atomic E-state index is 11.3. The highest BCUT2D eigenvalue weighted by Gasteiger charge is 2.26. The fourth-order valence-corrected chi connectivity index (χ4v) is 2.02. The van der Waals surface area contributed by atoms with Crippen molar-refractivity contribution < 1.29 is 19.4 Å². The molecule has 4 heteroatoms. The average molecular weight is 270 g/mol. The number of carbonyl (C=O) groups is 1. The van der Waals surface area contributed by atoms with Crippen LogP contribution in [0.1, 0.15) is 27.6 Å². The van der Waals surface area contributed by atoms with Crippen LogP contribution in [0.5, 0.6) is 5.75 Å². The van der Waals surface area contributed by atoms with Gasteiger partial charge in [-0.2, -0.15) is 0 Å². The molecular formula is C16H14O4. The van der Waals surface area contributed by atoms with Gasteiger partial charge in [-0.05, 0) is 23.3 Å². The molecule has 0 aromatic heterocycles. The van der Waals surface area contributed by atoms with E-state index in [2.05, 4.69) is 0 Å². The van der Waals surface area contributed by atoms with Crippen LogP contribution in [-0.4, -0.2) is 17.7 Å². The lowest BCUT2D eigenvalue weighted by Gasteiger charge is -2.10. The number of hydrogen-bond acceptors (Lipinski definition) is 3. The van der Waals surface area contributed by atoms with Gasteiger partial charge in [0, 0.05) is 0 Å². The number of aromatic carboxylic acids is 1. The summed E-state index contributed by atoms with van der Waals surface area (Å²) < 4.78 is 10.8. The van der Waals surface area contributed by atoms with Gasteiger partial charge in [0.1, 0.15) is 24.0 Å². The predicted octanol–water partition coefficient (Wildman–Crippen LogP) is 3.04. The Labute approximate surface area is 116 Å². The van der Waals surface area contributed by atoms with E-state index in [0.717, 1.165) is 11.1 Å². The lowest BCUT2D eigenvalue weighted by Crippen LogP contribution is -2.04. The van der Waals surface area contributed by atoms with Crippen molar-refractivity contribution in [3.05, 3.63) is 65.2 Å². The molecule has 1 N–H and O–H groups in total. The maximum Gasteiger partial charge on any atom is 0.339 e. The van der Waals surface area contributed by atoms with Crippen molar-refractivity contribution in [2.24, 2.45) is 0 Å². The van der Waals surface area contributed by atoms with Gasteiger partial charge in [0.05, 0.1) is 6.61 Å². The first kappa shape index (κ1) is 12.7. The topological polar surface area (TPSA) is 59.1 Å². The smallest absolute Gasteiger partial charge is 0.339 e. The molecule has 0 radical (unpaired) electrons. The van der Waals surface area contributed by atoms with E-state index in [0.29, 0.717) is 19.0 Å². The summed E-state index contributed by atoms with van der Waals surface area (Å²) >= 11 is 0. The van der Waals surface area contributed by atoms with Crippen molar-refractivity contribution in [1.29, 1.82) is 0 Å². The van der Waals surface area contributed by atoms with Crippen LogP contribution in [0, 0.1) is 0 Å². The van der Waals surface area contributed by atoms with Gasteiger partial charge in [-0.25, -0.2) is 4.79 Å². The van der Waals surface area contributed by atoms with Crippen molar-refractivity contribution in [2.45, 2.75) is 12.7 Å². The van der Waals surface area contributed by atoms with Gasteiger partial charge >= 0.3 is 5.97 Å². The van der Waals surface area contributed by atoms with E-state index in [1.54, 1.807) is 12.1 Å². The summed E-state index contributed by atoms with van der Waals surface area (Å²) in [6.07, 6.45) is 0.0382. The van der Waals surface area contributed by atoms with Crippen LogP contribution in [0.25, 0.3) is 0 Å². The fraction of sp³-hybridized carbons (Fsp3) is 0.188. The van der Waals surface area contributed by atoms with Gasteiger partial charge in [0.25, 0.3) is 0 Å². The van der Waals surface area contributed by atoms with Crippen LogP contribution < -0.4 is 4.74 Å². The molecular weight excluding hydrogens is 256 g/mol. The zero-order valence-corrected chi connectivity index (χ0v) is 10.8. The molecule has 1 saturated heterocycles. The van der Waals surface area contributed by atoms with Crippen LogP contribution in [0.15, 0.2) is 48.5 Å². The Morgan fingerprint density at radius 3 is 2.65 bits per heavy atom. The number of rotatable bonds is 5. The van der Waals surface area contributed by atoms with Crippen molar-refractivity contribution in [3.8, 4) is 5.75 Å². The average Bonchev–Trinajstić information content (AvgIpc) is 3.30. The Hall–Kier alpha value is -2.33. The molecule has 1 aliphatic heterocycles. The third-order valence-corrected chi connectivity index (χ3v) is 3.18. The minimum absolute atomic E-state index is 0.0382. The lowest BCUT2D eigenvalue weighted by molar-refractivity contribution is 0.0691. The van der Waals surface area contributed by atoms with Crippen molar-refractivity contribution in [2.75, 3.05) is 6.61 Å². The number of epoxide rings is 1. The number of carboxylic acid groups (broad SMARTS) is 1. The second-order valence-electron chi connectivity index (χ2n) is 4.66. The molecule has 0 amide bonds. The van der Waals surface area contributed by atoms with Gasteiger partial charge in [0.15, 0.2) is 0 Å². The third-order valence-electron chi connectivity index (χ3n) is 3.18. The first-order chi connectivity index (χ1) is 9.74. The summed E-state index contributed by atoms with van der Waals surface area (Å²) in [4.78, 5) is 11.3. The quantitative estimate of drug-likeness (QED) is 0.848. The van der Waals surface area contributed by atoms with E-state index in [1.165, 1.54) is 0 Å². The molecule has 1 unspecified atom stereocenters. The van der Waals surface area contributed by atoms with E-state index in [1.807, 2.05) is 36.4 Å². The predicted molar refractivity (Wildman–Crippen MR) is 72.9 cm³/mol. The zero-order valence-electron chi connectivity index (χ0n) is 10.8. The Morgan fingerprint density at radius 1 is 1.25 bits per heavy atom. The Morgan fingerprint density at radius 2 is 2.00 bits per heavy atom. The number of carboxylic acids is 1. The zero-order chi connectivity index (χ0) is 13.9. The summed E-state index contributed by atoms with van der Waals surface area (Å²) in [5, 5.41) is 9.27. The standard InChI is InChI=1S/C16H14O4/c17-16(18)13-8-12(15-10-20-15)6-7-14(13)19-9-11-4-2-1-3-5-11/h1-8,15H,9-10H2,(H,17,18).